The van der Waals surface area contributed by atoms with Crippen molar-refractivity contribution in [3.8, 4) is 51.1 Å². The third kappa shape index (κ3) is 3.81. The first kappa shape index (κ1) is 23.3. The zero-order chi connectivity index (χ0) is 27.3. The van der Waals surface area contributed by atoms with Crippen LogP contribution >= 0.6 is 0 Å². The van der Waals surface area contributed by atoms with E-state index in [9.17, 15) is 5.26 Å². The van der Waals surface area contributed by atoms with Gasteiger partial charge in [0.15, 0.2) is 0 Å². The van der Waals surface area contributed by atoms with Crippen molar-refractivity contribution in [2.75, 3.05) is 4.90 Å². The van der Waals surface area contributed by atoms with Crippen LogP contribution in [0.5, 0.6) is 0 Å². The van der Waals surface area contributed by atoms with Gasteiger partial charge in [-0.05, 0) is 54.1 Å². The first-order valence-electron chi connectivity index (χ1n) is 13.7. The molecular formula is C36H23N5. The Bertz CT molecular complexity index is 1980. The zero-order valence-corrected chi connectivity index (χ0v) is 22.0. The van der Waals surface area contributed by atoms with Crippen LogP contribution in [0, 0.1) is 11.3 Å². The third-order valence-corrected chi connectivity index (χ3v) is 7.94. The molecule has 41 heavy (non-hydrogen) atoms. The second-order valence-corrected chi connectivity index (χ2v) is 10.4. The topological polar surface area (TPSA) is 65.2 Å². The van der Waals surface area contributed by atoms with Crippen molar-refractivity contribution in [1.82, 2.24) is 9.97 Å². The van der Waals surface area contributed by atoms with Crippen LogP contribution in [0.3, 0.4) is 0 Å². The van der Waals surface area contributed by atoms with E-state index in [-0.39, 0.29) is 12.1 Å². The highest BCUT2D eigenvalue weighted by molar-refractivity contribution is 6.21. The number of pyridine rings is 2. The summed E-state index contributed by atoms with van der Waals surface area (Å²) in [6.07, 6.45) is 8.48. The van der Waals surface area contributed by atoms with Gasteiger partial charge in [-0.25, -0.2) is 9.97 Å². The number of hydrogen-bond acceptors (Lipinski definition) is 5. The molecule has 8 rings (SSSR count). The summed E-state index contributed by atoms with van der Waals surface area (Å²) in [5, 5.41) is 9.66. The second kappa shape index (κ2) is 9.25. The summed E-state index contributed by atoms with van der Waals surface area (Å²) in [5.41, 5.74) is 10.5. The van der Waals surface area contributed by atoms with E-state index in [1.165, 1.54) is 0 Å². The van der Waals surface area contributed by atoms with Gasteiger partial charge in [0, 0.05) is 22.3 Å². The monoisotopic (exact) mass is 525 g/mol. The zero-order valence-electron chi connectivity index (χ0n) is 22.0. The van der Waals surface area contributed by atoms with Gasteiger partial charge < -0.3 is 4.90 Å². The van der Waals surface area contributed by atoms with Crippen molar-refractivity contribution < 1.29 is 0 Å². The van der Waals surface area contributed by atoms with Crippen LogP contribution < -0.4 is 4.90 Å². The number of aliphatic imine (C=N–C) groups is 1. The summed E-state index contributed by atoms with van der Waals surface area (Å²) < 4.78 is 0. The largest absolute Gasteiger partial charge is 0.316 e. The minimum atomic E-state index is 0.0525. The predicted molar refractivity (Wildman–Crippen MR) is 163 cm³/mol. The standard InChI is InChI=1S/C36H23N5/c37-22-23-16-18-26-28-21-25(17-19-27(28)36-40-33-10-4-5-15-34(33)41(36)35(26)20-23)30-12-7-14-32(39-30)31-13-6-11-29(38-31)24-8-2-1-3-9-24/h1-21,33-34H. The van der Waals surface area contributed by atoms with Gasteiger partial charge >= 0.3 is 0 Å². The molecule has 5 aromatic rings. The van der Waals surface area contributed by atoms with E-state index in [0.29, 0.717) is 5.56 Å². The second-order valence-electron chi connectivity index (χ2n) is 10.4. The van der Waals surface area contributed by atoms with Crippen LogP contribution in [0.15, 0.2) is 132 Å². The Kier molecular flexibility index (Phi) is 5.26. The molecule has 0 amide bonds. The van der Waals surface area contributed by atoms with Gasteiger partial charge in [-0.15, -0.1) is 0 Å². The van der Waals surface area contributed by atoms with Crippen molar-refractivity contribution in [2.45, 2.75) is 12.1 Å². The molecule has 1 aliphatic carbocycles. The molecule has 0 N–H and O–H groups in total. The number of nitrogens with zero attached hydrogens (tertiary/aromatic N) is 5. The summed E-state index contributed by atoms with van der Waals surface area (Å²) >= 11 is 0. The highest BCUT2D eigenvalue weighted by Gasteiger charge is 2.40. The molecule has 2 aliphatic heterocycles. The third-order valence-electron chi connectivity index (χ3n) is 7.94. The summed E-state index contributed by atoms with van der Waals surface area (Å²) in [6.45, 7) is 0. The SMILES string of the molecule is N#Cc1ccc2c(c1)N1C(=NC3C=CC=CC31)c1ccc(-c3cccc(-c4cccc(-c5ccccc5)n4)n3)cc1-2. The molecule has 0 spiro atoms. The molecule has 0 radical (unpaired) electrons. The van der Waals surface area contributed by atoms with Crippen LogP contribution in [0.1, 0.15) is 11.1 Å². The quantitative estimate of drug-likeness (QED) is 0.245. The Hall–Kier alpha value is -5.60. The van der Waals surface area contributed by atoms with Crippen LogP contribution in [-0.2, 0) is 0 Å². The average Bonchev–Trinajstić information content (AvgIpc) is 3.45. The minimum absolute atomic E-state index is 0.0525. The van der Waals surface area contributed by atoms with Gasteiger partial charge in [0.1, 0.15) is 5.84 Å². The lowest BCUT2D eigenvalue weighted by molar-refractivity contribution is 0.739. The van der Waals surface area contributed by atoms with Gasteiger partial charge in [-0.3, -0.25) is 4.99 Å². The fourth-order valence-corrected chi connectivity index (χ4v) is 6.00. The van der Waals surface area contributed by atoms with Crippen LogP contribution in [0.4, 0.5) is 5.69 Å². The lowest BCUT2D eigenvalue weighted by Crippen LogP contribution is -2.41. The molecule has 2 unspecified atom stereocenters. The van der Waals surface area contributed by atoms with Crippen molar-refractivity contribution in [1.29, 1.82) is 5.26 Å². The Labute approximate surface area is 238 Å². The minimum Gasteiger partial charge on any atom is -0.316 e. The van der Waals surface area contributed by atoms with Crippen LogP contribution in [-0.4, -0.2) is 27.9 Å². The van der Waals surface area contributed by atoms with Crippen molar-refractivity contribution in [2.24, 2.45) is 4.99 Å². The first-order chi connectivity index (χ1) is 20.3. The molecule has 0 saturated carbocycles. The number of fused-ring (bicyclic) bond motifs is 8. The maximum absolute atomic E-state index is 9.66. The number of aromatic nitrogens is 2. The van der Waals surface area contributed by atoms with Crippen LogP contribution in [0.2, 0.25) is 0 Å². The molecule has 2 atom stereocenters. The normalized spacial score (nSPS) is 17.6. The number of rotatable bonds is 3. The van der Waals surface area contributed by atoms with E-state index in [1.54, 1.807) is 0 Å². The van der Waals surface area contributed by atoms with Gasteiger partial charge in [-0.2, -0.15) is 5.26 Å². The highest BCUT2D eigenvalue weighted by Crippen LogP contribution is 2.45. The lowest BCUT2D eigenvalue weighted by atomic mass is 9.88. The Morgan fingerprint density at radius 2 is 1.32 bits per heavy atom. The molecule has 0 fully saturated rings. The number of amidine groups is 1. The van der Waals surface area contributed by atoms with Crippen molar-refractivity contribution in [3.63, 3.8) is 0 Å². The van der Waals surface area contributed by atoms with Gasteiger partial charge in [0.25, 0.3) is 0 Å². The Morgan fingerprint density at radius 3 is 2.10 bits per heavy atom. The molecule has 4 heterocycles. The first-order valence-corrected chi connectivity index (χ1v) is 13.7. The number of hydrogen-bond donors (Lipinski definition) is 0. The lowest BCUT2D eigenvalue weighted by Gasteiger charge is -2.35. The van der Waals surface area contributed by atoms with Crippen LogP contribution in [0.25, 0.3) is 45.0 Å². The van der Waals surface area contributed by atoms with Crippen molar-refractivity contribution in [3.05, 3.63) is 139 Å². The fraction of sp³-hybridized carbons (Fsp3) is 0.0556. The summed E-state index contributed by atoms with van der Waals surface area (Å²) in [4.78, 5) is 17.4. The molecular weight excluding hydrogens is 502 g/mol. The molecule has 3 aliphatic rings. The highest BCUT2D eigenvalue weighted by atomic mass is 15.3. The molecule has 192 valence electrons. The average molecular weight is 526 g/mol. The van der Waals surface area contributed by atoms with E-state index in [1.807, 2.05) is 66.7 Å². The summed E-state index contributed by atoms with van der Waals surface area (Å²) in [6, 6.07) is 37.2. The fourth-order valence-electron chi connectivity index (χ4n) is 6.00. The molecule has 5 heteroatoms. The molecule has 0 bridgehead atoms. The Balaban J connectivity index is 1.23. The summed E-state index contributed by atoms with van der Waals surface area (Å²) in [7, 11) is 0. The van der Waals surface area contributed by atoms with E-state index in [2.05, 4.69) is 71.7 Å². The van der Waals surface area contributed by atoms with E-state index < -0.39 is 0 Å². The summed E-state index contributed by atoms with van der Waals surface area (Å²) in [5.74, 6) is 0.948. The van der Waals surface area contributed by atoms with E-state index in [0.717, 1.165) is 62.1 Å². The van der Waals surface area contributed by atoms with E-state index in [4.69, 9.17) is 15.0 Å². The molecule has 3 aromatic carbocycles. The van der Waals surface area contributed by atoms with Gasteiger partial charge in [0.2, 0.25) is 0 Å². The number of allylic oxidation sites excluding steroid dienone is 2. The van der Waals surface area contributed by atoms with Crippen molar-refractivity contribution >= 4 is 11.5 Å². The number of benzene rings is 3. The molecule has 2 aromatic heterocycles. The van der Waals surface area contributed by atoms with E-state index >= 15 is 0 Å². The number of anilines is 1. The Morgan fingerprint density at radius 1 is 0.610 bits per heavy atom. The van der Waals surface area contributed by atoms with Gasteiger partial charge in [-0.1, -0.05) is 78.9 Å². The molecule has 5 nitrogen and oxygen atoms in total. The predicted octanol–water partition coefficient (Wildman–Crippen LogP) is 7.46. The number of nitriles is 1. The smallest absolute Gasteiger partial charge is 0.137 e. The van der Waals surface area contributed by atoms with Gasteiger partial charge in [0.05, 0.1) is 52.2 Å². The maximum atomic E-state index is 9.66. The maximum Gasteiger partial charge on any atom is 0.137 e. The molecule has 0 saturated heterocycles.